The predicted octanol–water partition coefficient (Wildman–Crippen LogP) is 8.97. The monoisotopic (exact) mass is 886 g/mol. The molecule has 6 atom stereocenters. The molecule has 0 heterocycles. The van der Waals surface area contributed by atoms with Crippen molar-refractivity contribution in [3.8, 4) is 5.75 Å². The molecule has 2 saturated carbocycles. The Hall–Kier alpha value is -4.56. The molecule has 63 heavy (non-hydrogen) atoms. The summed E-state index contributed by atoms with van der Waals surface area (Å²) in [5.41, 5.74) is 0.226. The van der Waals surface area contributed by atoms with Crippen LogP contribution in [0.5, 0.6) is 5.75 Å². The van der Waals surface area contributed by atoms with E-state index in [-0.39, 0.29) is 54.9 Å². The van der Waals surface area contributed by atoms with Crippen LogP contribution in [0.1, 0.15) is 170 Å². The number of rotatable bonds is 18. The number of carbonyl (C=O) groups excluding carboxylic acids is 6. The highest BCUT2D eigenvalue weighted by atomic mass is 16.6. The number of aryl methyl sites for hydroxylation is 1. The number of amides is 3. The molecule has 3 N–H and O–H groups in total. The van der Waals surface area contributed by atoms with Crippen LogP contribution in [0.4, 0.5) is 14.4 Å². The quantitative estimate of drug-likeness (QED) is 0.0549. The maximum absolute atomic E-state index is 13.5. The molecule has 0 aromatic heterocycles. The largest absolute Gasteiger partial charge is 0.458 e. The van der Waals surface area contributed by atoms with Crippen molar-refractivity contribution in [3.63, 3.8) is 0 Å². The standard InChI is InChI=1S/C48H75N3O12/c1-45(2,3)61-42(55)49-26-14-11-17-38(52)58-32-21-23-33-31(29-32)20-22-35-34(33)24-25-48(10)36(35)30-37(59-39(53)18-12-15-27-50-43(56)62-46(4,5)6)41(48)60-40(54)19-13-16-28-51-44(57)63-47(7,8)9/h21,23,29,34-37,41H,11-20,22,24-28,30H2,1-10H3,(H,49,55)(H,50,56)(H,51,57)/t34-,35-,36+,37-,41+,48+/m1/s1. The van der Waals surface area contributed by atoms with Gasteiger partial charge in [-0.15, -0.1) is 0 Å². The Balaban J connectivity index is 1.35. The second-order valence-electron chi connectivity index (χ2n) is 20.6. The van der Waals surface area contributed by atoms with Crippen LogP contribution < -0.4 is 20.7 Å². The van der Waals surface area contributed by atoms with Crippen molar-refractivity contribution in [2.75, 3.05) is 19.6 Å². The van der Waals surface area contributed by atoms with Crippen LogP contribution in [-0.4, -0.2) is 84.8 Å². The fourth-order valence-corrected chi connectivity index (χ4v) is 9.19. The number of ether oxygens (including phenoxy) is 6. The van der Waals surface area contributed by atoms with Gasteiger partial charge in [0.05, 0.1) is 0 Å². The van der Waals surface area contributed by atoms with E-state index in [9.17, 15) is 28.8 Å². The van der Waals surface area contributed by atoms with Crippen LogP contribution >= 0.6 is 0 Å². The molecule has 3 aliphatic rings. The molecule has 0 bridgehead atoms. The van der Waals surface area contributed by atoms with Gasteiger partial charge in [0.2, 0.25) is 0 Å². The normalized spacial score (nSPS) is 22.9. The van der Waals surface area contributed by atoms with Gasteiger partial charge in [-0.1, -0.05) is 13.0 Å². The first-order valence-corrected chi connectivity index (χ1v) is 23.1. The lowest BCUT2D eigenvalue weighted by molar-refractivity contribution is -0.174. The van der Waals surface area contributed by atoms with Gasteiger partial charge >= 0.3 is 36.2 Å². The molecule has 354 valence electrons. The van der Waals surface area contributed by atoms with Gasteiger partial charge in [0.1, 0.15) is 34.8 Å². The highest BCUT2D eigenvalue weighted by molar-refractivity contribution is 5.73. The second-order valence-corrected chi connectivity index (χ2v) is 20.6. The van der Waals surface area contributed by atoms with Gasteiger partial charge in [-0.2, -0.15) is 0 Å². The highest BCUT2D eigenvalue weighted by Crippen LogP contribution is 2.62. The van der Waals surface area contributed by atoms with E-state index in [1.165, 1.54) is 5.56 Å². The van der Waals surface area contributed by atoms with Crippen molar-refractivity contribution in [2.45, 2.75) is 194 Å². The van der Waals surface area contributed by atoms with E-state index < -0.39 is 52.7 Å². The van der Waals surface area contributed by atoms with Crippen molar-refractivity contribution in [3.05, 3.63) is 29.3 Å². The summed E-state index contributed by atoms with van der Waals surface area (Å²) in [6.45, 7) is 19.5. The molecule has 15 heteroatoms. The number of nitrogens with one attached hydrogen (secondary N) is 3. The van der Waals surface area contributed by atoms with Crippen LogP contribution in [0.15, 0.2) is 18.2 Å². The molecule has 0 spiro atoms. The minimum Gasteiger partial charge on any atom is -0.458 e. The number of esters is 3. The molecule has 3 amide bonds. The average Bonchev–Trinajstić information content (AvgIpc) is 3.42. The summed E-state index contributed by atoms with van der Waals surface area (Å²) in [6, 6.07) is 5.94. The lowest BCUT2D eigenvalue weighted by Crippen LogP contribution is -2.47. The van der Waals surface area contributed by atoms with Crippen LogP contribution in [0.2, 0.25) is 0 Å². The lowest BCUT2D eigenvalue weighted by Gasteiger charge is -2.50. The number of fused-ring (bicyclic) bond motifs is 5. The van der Waals surface area contributed by atoms with Crippen LogP contribution in [0.25, 0.3) is 0 Å². The van der Waals surface area contributed by atoms with E-state index in [0.29, 0.717) is 70.3 Å². The molecule has 0 saturated heterocycles. The van der Waals surface area contributed by atoms with E-state index in [1.54, 1.807) is 62.3 Å². The first-order valence-electron chi connectivity index (χ1n) is 23.1. The molecule has 0 radical (unpaired) electrons. The zero-order valence-electron chi connectivity index (χ0n) is 39.5. The minimum absolute atomic E-state index is 0.137. The Labute approximate surface area is 374 Å². The van der Waals surface area contributed by atoms with E-state index in [4.69, 9.17) is 28.4 Å². The van der Waals surface area contributed by atoms with Crippen molar-refractivity contribution < 1.29 is 57.2 Å². The number of benzene rings is 1. The van der Waals surface area contributed by atoms with Gasteiger partial charge in [0.15, 0.2) is 0 Å². The Morgan fingerprint density at radius 3 is 1.60 bits per heavy atom. The Bertz CT molecular complexity index is 1740. The van der Waals surface area contributed by atoms with Gasteiger partial charge < -0.3 is 44.4 Å². The summed E-state index contributed by atoms with van der Waals surface area (Å²) < 4.78 is 34.1. The van der Waals surface area contributed by atoms with Crippen molar-refractivity contribution in [1.82, 2.24) is 16.0 Å². The topological polar surface area (TPSA) is 194 Å². The van der Waals surface area contributed by atoms with Gasteiger partial charge in [0.25, 0.3) is 0 Å². The number of hydrogen-bond donors (Lipinski definition) is 3. The maximum Gasteiger partial charge on any atom is 0.407 e. The summed E-state index contributed by atoms with van der Waals surface area (Å²) in [7, 11) is 0. The minimum atomic E-state index is -0.607. The molecule has 15 nitrogen and oxygen atoms in total. The summed E-state index contributed by atoms with van der Waals surface area (Å²) in [4.78, 5) is 75.5. The Kier molecular flexibility index (Phi) is 18.1. The third-order valence-electron chi connectivity index (χ3n) is 11.8. The third-order valence-corrected chi connectivity index (χ3v) is 11.8. The summed E-state index contributed by atoms with van der Waals surface area (Å²) in [6.07, 6.45) is 5.14. The summed E-state index contributed by atoms with van der Waals surface area (Å²) in [5, 5.41) is 8.16. The first kappa shape index (κ1) is 51.1. The molecular weight excluding hydrogens is 811 g/mol. The van der Waals surface area contributed by atoms with E-state index in [2.05, 4.69) is 28.9 Å². The van der Waals surface area contributed by atoms with E-state index >= 15 is 0 Å². The van der Waals surface area contributed by atoms with Gasteiger partial charge in [-0.05, 0) is 174 Å². The first-order chi connectivity index (χ1) is 29.4. The predicted molar refractivity (Wildman–Crippen MR) is 236 cm³/mol. The molecule has 1 aromatic rings. The number of unbranched alkanes of at least 4 members (excludes halogenated alkanes) is 3. The zero-order valence-corrected chi connectivity index (χ0v) is 39.5. The van der Waals surface area contributed by atoms with Crippen LogP contribution in [0.3, 0.4) is 0 Å². The highest BCUT2D eigenvalue weighted by Gasteiger charge is 2.61. The molecular formula is C48H75N3O12. The maximum atomic E-state index is 13.5. The van der Waals surface area contributed by atoms with Crippen molar-refractivity contribution in [2.24, 2.45) is 17.3 Å². The molecule has 2 fully saturated rings. The number of hydrogen-bond acceptors (Lipinski definition) is 12. The van der Waals surface area contributed by atoms with Crippen molar-refractivity contribution >= 4 is 36.2 Å². The van der Waals surface area contributed by atoms with E-state index in [1.807, 2.05) is 12.1 Å². The second kappa shape index (κ2) is 22.4. The molecule has 3 aliphatic carbocycles. The van der Waals surface area contributed by atoms with Crippen LogP contribution in [-0.2, 0) is 44.5 Å². The van der Waals surface area contributed by atoms with Crippen molar-refractivity contribution in [1.29, 1.82) is 0 Å². The summed E-state index contributed by atoms with van der Waals surface area (Å²) >= 11 is 0. The summed E-state index contributed by atoms with van der Waals surface area (Å²) in [5.74, 6) is 0.153. The SMILES string of the molecule is CC(C)(C)OC(=O)NCCCCC(=O)Oc1ccc2c(c1)CC[C@@H]1[C@@H]2CC[C@@]2(C)[C@H]1C[C@@H](OC(=O)CCCCNC(=O)OC(C)(C)C)[C@@H]2OC(=O)CCCCNC(=O)OC(C)(C)C. The fraction of sp³-hybridized carbons (Fsp3) is 0.750. The number of carbonyl (C=O) groups is 6. The lowest BCUT2D eigenvalue weighted by atomic mass is 9.55. The van der Waals surface area contributed by atoms with Crippen LogP contribution in [0, 0.1) is 17.3 Å². The van der Waals surface area contributed by atoms with Gasteiger partial charge in [-0.25, -0.2) is 14.4 Å². The van der Waals surface area contributed by atoms with E-state index in [0.717, 1.165) is 31.2 Å². The van der Waals surface area contributed by atoms with Gasteiger partial charge in [-0.3, -0.25) is 14.4 Å². The zero-order chi connectivity index (χ0) is 46.6. The molecule has 0 aliphatic heterocycles. The molecule has 0 unspecified atom stereocenters. The molecule has 1 aromatic carbocycles. The number of alkyl carbamates (subject to hydrolysis) is 3. The Morgan fingerprint density at radius 2 is 1.11 bits per heavy atom. The van der Waals surface area contributed by atoms with Gasteiger partial charge in [0, 0.05) is 44.3 Å². The smallest absolute Gasteiger partial charge is 0.407 e. The third kappa shape index (κ3) is 16.8. The average molecular weight is 886 g/mol. The Morgan fingerprint density at radius 1 is 0.635 bits per heavy atom. The molecule has 4 rings (SSSR count). The fourth-order valence-electron chi connectivity index (χ4n) is 9.19.